The number of pyridine rings is 1. The van der Waals surface area contributed by atoms with Gasteiger partial charge in [-0.1, -0.05) is 0 Å². The fourth-order valence-corrected chi connectivity index (χ4v) is 2.82. The molecule has 1 atom stereocenters. The molecule has 6 heteroatoms. The van der Waals surface area contributed by atoms with Gasteiger partial charge in [-0.3, -0.25) is 9.48 Å². The fraction of sp³-hybridized carbons (Fsp3) is 0.400. The van der Waals surface area contributed by atoms with Gasteiger partial charge in [-0.2, -0.15) is 9.83 Å². The average Bonchev–Trinajstić information content (AvgIpc) is 2.93. The van der Waals surface area contributed by atoms with E-state index in [1.165, 1.54) is 12.4 Å². The zero-order valence-corrected chi connectivity index (χ0v) is 12.0. The Labute approximate surface area is 123 Å². The smallest absolute Gasteiger partial charge is 0.259 e. The van der Waals surface area contributed by atoms with E-state index in [1.54, 1.807) is 16.8 Å². The maximum Gasteiger partial charge on any atom is 0.259 e. The molecule has 1 aliphatic rings. The molecule has 0 aromatic carbocycles. The fourth-order valence-electron chi connectivity index (χ4n) is 2.82. The van der Waals surface area contributed by atoms with Gasteiger partial charge in [0.25, 0.3) is 5.91 Å². The molecular formula is C15H18N4O2. The zero-order chi connectivity index (χ0) is 14.8. The summed E-state index contributed by atoms with van der Waals surface area (Å²) in [6.45, 7) is 1.39. The predicted molar refractivity (Wildman–Crippen MR) is 76.5 cm³/mol. The van der Waals surface area contributed by atoms with Gasteiger partial charge in [0.1, 0.15) is 5.56 Å². The summed E-state index contributed by atoms with van der Waals surface area (Å²) in [4.78, 5) is 14.3. The molecule has 2 aromatic rings. The van der Waals surface area contributed by atoms with E-state index >= 15 is 0 Å². The molecule has 0 unspecified atom stereocenters. The highest BCUT2D eigenvalue weighted by molar-refractivity contribution is 5.93. The number of aromatic nitrogens is 3. The van der Waals surface area contributed by atoms with E-state index in [4.69, 9.17) is 0 Å². The zero-order valence-electron chi connectivity index (χ0n) is 12.0. The van der Waals surface area contributed by atoms with Crippen LogP contribution in [0.3, 0.4) is 0 Å². The summed E-state index contributed by atoms with van der Waals surface area (Å²) in [6, 6.07) is 5.29. The molecule has 3 rings (SSSR count). The SMILES string of the molecule is Cn1ccc([C@@H]2CCCN(C(=O)c3ccc[n+]([O-])c3)C2)n1. The Balaban J connectivity index is 1.75. The number of rotatable bonds is 2. The number of aryl methyl sites for hydroxylation is 1. The minimum absolute atomic E-state index is 0.0826. The molecule has 1 fully saturated rings. The van der Waals surface area contributed by atoms with Crippen LogP contribution in [0.25, 0.3) is 0 Å². The topological polar surface area (TPSA) is 65.1 Å². The van der Waals surface area contributed by atoms with Crippen molar-refractivity contribution >= 4 is 5.91 Å². The van der Waals surface area contributed by atoms with Crippen molar-refractivity contribution in [3.8, 4) is 0 Å². The van der Waals surface area contributed by atoms with Crippen LogP contribution in [0.5, 0.6) is 0 Å². The molecule has 0 N–H and O–H groups in total. The number of hydrogen-bond acceptors (Lipinski definition) is 3. The maximum atomic E-state index is 12.5. The van der Waals surface area contributed by atoms with Gasteiger partial charge in [-0.25, -0.2) is 0 Å². The van der Waals surface area contributed by atoms with E-state index in [9.17, 15) is 10.0 Å². The number of amides is 1. The minimum atomic E-state index is -0.0826. The number of carbonyl (C=O) groups excluding carboxylic acids is 1. The molecule has 6 nitrogen and oxygen atoms in total. The lowest BCUT2D eigenvalue weighted by Crippen LogP contribution is -2.40. The molecule has 0 saturated carbocycles. The van der Waals surface area contributed by atoms with Crippen LogP contribution in [-0.2, 0) is 7.05 Å². The van der Waals surface area contributed by atoms with Crippen LogP contribution in [-0.4, -0.2) is 33.7 Å². The molecule has 1 amide bonds. The number of nitrogens with zero attached hydrogens (tertiary/aromatic N) is 4. The van der Waals surface area contributed by atoms with Crippen LogP contribution in [0.15, 0.2) is 36.8 Å². The van der Waals surface area contributed by atoms with Crippen molar-refractivity contribution in [1.82, 2.24) is 14.7 Å². The number of carbonyl (C=O) groups is 1. The van der Waals surface area contributed by atoms with E-state index in [-0.39, 0.29) is 11.8 Å². The van der Waals surface area contributed by atoms with Crippen molar-refractivity contribution in [2.45, 2.75) is 18.8 Å². The van der Waals surface area contributed by atoms with Crippen LogP contribution in [0.4, 0.5) is 0 Å². The van der Waals surface area contributed by atoms with Crippen molar-refractivity contribution in [3.63, 3.8) is 0 Å². The van der Waals surface area contributed by atoms with Crippen LogP contribution < -0.4 is 4.73 Å². The van der Waals surface area contributed by atoms with Crippen LogP contribution in [0, 0.1) is 5.21 Å². The van der Waals surface area contributed by atoms with Gasteiger partial charge >= 0.3 is 0 Å². The van der Waals surface area contributed by atoms with Crippen molar-refractivity contribution in [3.05, 3.63) is 53.3 Å². The molecule has 3 heterocycles. The Hall–Kier alpha value is -2.37. The second kappa shape index (κ2) is 5.55. The van der Waals surface area contributed by atoms with Gasteiger partial charge in [0.15, 0.2) is 12.4 Å². The summed E-state index contributed by atoms with van der Waals surface area (Å²) in [7, 11) is 1.90. The van der Waals surface area contributed by atoms with Gasteiger partial charge in [0, 0.05) is 38.3 Å². The Bertz CT molecular complexity index is 653. The summed E-state index contributed by atoms with van der Waals surface area (Å²) >= 11 is 0. The number of piperidine rings is 1. The molecule has 0 spiro atoms. The van der Waals surface area contributed by atoms with Crippen LogP contribution >= 0.6 is 0 Å². The Morgan fingerprint density at radius 1 is 1.48 bits per heavy atom. The van der Waals surface area contributed by atoms with E-state index in [0.29, 0.717) is 16.8 Å². The summed E-state index contributed by atoms with van der Waals surface area (Å²) in [6.07, 6.45) is 6.62. The highest BCUT2D eigenvalue weighted by atomic mass is 16.5. The Morgan fingerprint density at radius 3 is 3.05 bits per heavy atom. The predicted octanol–water partition coefficient (Wildman–Crippen LogP) is 1.07. The van der Waals surface area contributed by atoms with E-state index in [1.807, 2.05) is 24.2 Å². The van der Waals surface area contributed by atoms with Crippen molar-refractivity contribution < 1.29 is 9.52 Å². The van der Waals surface area contributed by atoms with Crippen LogP contribution in [0.1, 0.15) is 34.8 Å². The number of hydrogen-bond donors (Lipinski definition) is 0. The van der Waals surface area contributed by atoms with E-state index in [2.05, 4.69) is 5.10 Å². The molecule has 21 heavy (non-hydrogen) atoms. The van der Waals surface area contributed by atoms with Gasteiger partial charge in [-0.05, 0) is 25.0 Å². The highest BCUT2D eigenvalue weighted by Gasteiger charge is 2.27. The van der Waals surface area contributed by atoms with Gasteiger partial charge in [0.2, 0.25) is 0 Å². The quantitative estimate of drug-likeness (QED) is 0.613. The third kappa shape index (κ3) is 2.89. The molecule has 2 aromatic heterocycles. The first-order chi connectivity index (χ1) is 10.1. The largest absolute Gasteiger partial charge is 0.619 e. The standard InChI is InChI=1S/C15H18N4O2/c1-17-9-6-14(16-17)12-4-2-7-18(10-12)15(20)13-5-3-8-19(21)11-13/h3,5-6,8-9,11-12H,2,4,7,10H2,1H3/t12-/m1/s1. The summed E-state index contributed by atoms with van der Waals surface area (Å²) < 4.78 is 2.45. The monoisotopic (exact) mass is 286 g/mol. The molecule has 1 saturated heterocycles. The maximum absolute atomic E-state index is 12.5. The van der Waals surface area contributed by atoms with Crippen molar-refractivity contribution in [2.24, 2.45) is 7.05 Å². The first-order valence-electron chi connectivity index (χ1n) is 7.11. The second-order valence-corrected chi connectivity index (χ2v) is 5.46. The molecule has 110 valence electrons. The molecule has 0 bridgehead atoms. The summed E-state index contributed by atoms with van der Waals surface area (Å²) in [5.41, 5.74) is 1.47. The van der Waals surface area contributed by atoms with Crippen molar-refractivity contribution in [1.29, 1.82) is 0 Å². The van der Waals surface area contributed by atoms with Gasteiger partial charge < -0.3 is 10.1 Å². The van der Waals surface area contributed by atoms with Gasteiger partial charge in [0.05, 0.1) is 5.69 Å². The molecule has 0 aliphatic carbocycles. The minimum Gasteiger partial charge on any atom is -0.619 e. The lowest BCUT2D eigenvalue weighted by Gasteiger charge is -2.31. The van der Waals surface area contributed by atoms with Crippen LogP contribution in [0.2, 0.25) is 0 Å². The van der Waals surface area contributed by atoms with E-state index < -0.39 is 0 Å². The normalized spacial score (nSPS) is 18.7. The lowest BCUT2D eigenvalue weighted by atomic mass is 9.94. The Morgan fingerprint density at radius 2 is 2.33 bits per heavy atom. The first-order valence-corrected chi connectivity index (χ1v) is 7.11. The molecule has 1 aliphatic heterocycles. The van der Waals surface area contributed by atoms with Crippen molar-refractivity contribution in [2.75, 3.05) is 13.1 Å². The number of likely N-dealkylation sites (tertiary alicyclic amines) is 1. The van der Waals surface area contributed by atoms with E-state index in [0.717, 1.165) is 25.1 Å². The lowest BCUT2D eigenvalue weighted by molar-refractivity contribution is -0.605. The second-order valence-electron chi connectivity index (χ2n) is 5.46. The first kappa shape index (κ1) is 13.6. The Kier molecular flexibility index (Phi) is 3.60. The highest BCUT2D eigenvalue weighted by Crippen LogP contribution is 2.26. The van der Waals surface area contributed by atoms with Gasteiger partial charge in [-0.15, -0.1) is 0 Å². The molecule has 0 radical (unpaired) electrons. The third-order valence-corrected chi connectivity index (χ3v) is 3.88. The summed E-state index contributed by atoms with van der Waals surface area (Å²) in [5, 5.41) is 15.7. The third-order valence-electron chi connectivity index (χ3n) is 3.88. The molecular weight excluding hydrogens is 268 g/mol. The summed E-state index contributed by atoms with van der Waals surface area (Å²) in [5.74, 6) is 0.188. The average molecular weight is 286 g/mol.